The van der Waals surface area contributed by atoms with E-state index in [0.717, 1.165) is 6.42 Å². The van der Waals surface area contributed by atoms with Crippen molar-refractivity contribution in [1.82, 2.24) is 0 Å². The third kappa shape index (κ3) is 1.93. The molecule has 1 fully saturated rings. The Morgan fingerprint density at radius 2 is 2.20 bits per heavy atom. The molecule has 0 unspecified atom stereocenters. The molecule has 0 aromatic heterocycles. The molecule has 0 spiro atoms. The molecule has 1 aliphatic carbocycles. The second kappa shape index (κ2) is 4.35. The van der Waals surface area contributed by atoms with Crippen molar-refractivity contribution in [1.29, 1.82) is 0 Å². The molecule has 0 aromatic carbocycles. The summed E-state index contributed by atoms with van der Waals surface area (Å²) in [5.41, 5.74) is -0.370. The molecule has 1 aliphatic rings. The molecule has 0 aromatic rings. The Morgan fingerprint density at radius 1 is 1.60 bits per heavy atom. The number of methoxy groups -OCH3 is 1. The Labute approximate surface area is 91.1 Å². The Morgan fingerprint density at radius 3 is 2.67 bits per heavy atom. The maximum absolute atomic E-state index is 11.7. The van der Waals surface area contributed by atoms with Gasteiger partial charge in [0.2, 0.25) is 0 Å². The standard InChI is InChI=1S/C12H20O3/c1-5-12(3)8(2)6-7-9(13)10(12)11(14)15-4/h5,8-10,13H,1,6-7H2,2-4H3/t8-,9+,10-,12+/m1/s1. The van der Waals surface area contributed by atoms with Crippen LogP contribution in [0.2, 0.25) is 0 Å². The van der Waals surface area contributed by atoms with Crippen LogP contribution in [0.5, 0.6) is 0 Å². The molecule has 15 heavy (non-hydrogen) atoms. The van der Waals surface area contributed by atoms with Crippen molar-refractivity contribution in [3.63, 3.8) is 0 Å². The van der Waals surface area contributed by atoms with E-state index >= 15 is 0 Å². The van der Waals surface area contributed by atoms with Gasteiger partial charge < -0.3 is 9.84 Å². The molecular formula is C12H20O3. The summed E-state index contributed by atoms with van der Waals surface area (Å²) in [6, 6.07) is 0. The summed E-state index contributed by atoms with van der Waals surface area (Å²) < 4.78 is 4.76. The highest BCUT2D eigenvalue weighted by molar-refractivity contribution is 5.74. The zero-order valence-electron chi connectivity index (χ0n) is 9.69. The molecule has 1 rings (SSSR count). The maximum atomic E-state index is 11.7. The number of esters is 1. The van der Waals surface area contributed by atoms with Gasteiger partial charge in [-0.25, -0.2) is 0 Å². The quantitative estimate of drug-likeness (QED) is 0.560. The summed E-state index contributed by atoms with van der Waals surface area (Å²) in [4.78, 5) is 11.7. The normalized spacial score (nSPS) is 40.9. The Balaban J connectivity index is 3.04. The second-order valence-corrected chi connectivity index (χ2v) is 4.62. The Bertz CT molecular complexity index is 262. The SMILES string of the molecule is C=C[C@@]1(C)[C@H](C)CC[C@H](O)[C@@H]1C(=O)OC. The van der Waals surface area contributed by atoms with Gasteiger partial charge >= 0.3 is 5.97 Å². The van der Waals surface area contributed by atoms with Crippen LogP contribution in [-0.2, 0) is 9.53 Å². The van der Waals surface area contributed by atoms with E-state index in [4.69, 9.17) is 4.74 Å². The van der Waals surface area contributed by atoms with E-state index in [2.05, 4.69) is 13.5 Å². The van der Waals surface area contributed by atoms with Gasteiger partial charge in [0, 0.05) is 5.41 Å². The highest BCUT2D eigenvalue weighted by Gasteiger charge is 2.48. The first-order valence-electron chi connectivity index (χ1n) is 5.36. The number of aliphatic hydroxyl groups excluding tert-OH is 1. The zero-order valence-corrected chi connectivity index (χ0v) is 9.69. The van der Waals surface area contributed by atoms with Crippen LogP contribution in [0.3, 0.4) is 0 Å². The van der Waals surface area contributed by atoms with Crippen molar-refractivity contribution in [3.05, 3.63) is 12.7 Å². The van der Waals surface area contributed by atoms with Gasteiger partial charge in [0.1, 0.15) is 0 Å². The number of aliphatic hydroxyl groups is 1. The number of hydrogen-bond donors (Lipinski definition) is 1. The summed E-state index contributed by atoms with van der Waals surface area (Å²) in [7, 11) is 1.36. The summed E-state index contributed by atoms with van der Waals surface area (Å²) in [6.07, 6.45) is 2.74. The van der Waals surface area contributed by atoms with Crippen LogP contribution < -0.4 is 0 Å². The molecule has 0 bridgehead atoms. The number of carbonyl (C=O) groups is 1. The Hall–Kier alpha value is -0.830. The number of hydrogen-bond acceptors (Lipinski definition) is 3. The second-order valence-electron chi connectivity index (χ2n) is 4.62. The molecule has 3 nitrogen and oxygen atoms in total. The predicted octanol–water partition coefficient (Wildman–Crippen LogP) is 1.76. The molecular weight excluding hydrogens is 192 g/mol. The summed E-state index contributed by atoms with van der Waals surface area (Å²) >= 11 is 0. The molecule has 4 atom stereocenters. The highest BCUT2D eigenvalue weighted by Crippen LogP contribution is 2.46. The minimum atomic E-state index is -0.614. The van der Waals surface area contributed by atoms with Crippen LogP contribution >= 0.6 is 0 Å². The van der Waals surface area contributed by atoms with Crippen molar-refractivity contribution >= 4 is 5.97 Å². The number of rotatable bonds is 2. The first-order chi connectivity index (χ1) is 6.97. The van der Waals surface area contributed by atoms with Gasteiger partial charge in [0.25, 0.3) is 0 Å². The number of allylic oxidation sites excluding steroid dienone is 1. The predicted molar refractivity (Wildman–Crippen MR) is 58.2 cm³/mol. The van der Waals surface area contributed by atoms with Crippen LogP contribution in [0.15, 0.2) is 12.7 Å². The lowest BCUT2D eigenvalue weighted by molar-refractivity contribution is -0.160. The van der Waals surface area contributed by atoms with E-state index < -0.39 is 12.0 Å². The highest BCUT2D eigenvalue weighted by atomic mass is 16.5. The Kier molecular flexibility index (Phi) is 3.55. The molecule has 0 amide bonds. The third-order valence-corrected chi connectivity index (χ3v) is 3.91. The van der Waals surface area contributed by atoms with Crippen LogP contribution in [0.4, 0.5) is 0 Å². The lowest BCUT2D eigenvalue weighted by atomic mass is 9.60. The van der Waals surface area contributed by atoms with Crippen molar-refractivity contribution in [3.8, 4) is 0 Å². The minimum absolute atomic E-state index is 0.336. The first kappa shape index (κ1) is 12.2. The van der Waals surface area contributed by atoms with Crippen LogP contribution in [0, 0.1) is 17.3 Å². The lowest BCUT2D eigenvalue weighted by Crippen LogP contribution is -2.48. The average molecular weight is 212 g/mol. The molecule has 0 radical (unpaired) electrons. The van der Waals surface area contributed by atoms with Crippen molar-refractivity contribution < 1.29 is 14.6 Å². The third-order valence-electron chi connectivity index (χ3n) is 3.91. The number of carbonyl (C=O) groups excluding carboxylic acids is 1. The molecule has 86 valence electrons. The molecule has 0 saturated heterocycles. The monoisotopic (exact) mass is 212 g/mol. The van der Waals surface area contributed by atoms with Gasteiger partial charge in [-0.05, 0) is 18.8 Å². The van der Waals surface area contributed by atoms with Crippen LogP contribution in [0.25, 0.3) is 0 Å². The van der Waals surface area contributed by atoms with E-state index in [1.54, 1.807) is 6.08 Å². The molecule has 0 aliphatic heterocycles. The smallest absolute Gasteiger partial charge is 0.312 e. The van der Waals surface area contributed by atoms with Crippen LogP contribution in [-0.4, -0.2) is 24.3 Å². The van der Waals surface area contributed by atoms with Crippen molar-refractivity contribution in [2.75, 3.05) is 7.11 Å². The fourth-order valence-electron chi connectivity index (χ4n) is 2.49. The zero-order chi connectivity index (χ0) is 11.6. The van der Waals surface area contributed by atoms with Gasteiger partial charge in [-0.1, -0.05) is 19.9 Å². The molecule has 1 N–H and O–H groups in total. The topological polar surface area (TPSA) is 46.5 Å². The van der Waals surface area contributed by atoms with E-state index in [0.29, 0.717) is 12.3 Å². The minimum Gasteiger partial charge on any atom is -0.469 e. The van der Waals surface area contributed by atoms with Gasteiger partial charge in [-0.2, -0.15) is 0 Å². The molecule has 0 heterocycles. The van der Waals surface area contributed by atoms with Crippen molar-refractivity contribution in [2.45, 2.75) is 32.8 Å². The fraction of sp³-hybridized carbons (Fsp3) is 0.750. The maximum Gasteiger partial charge on any atom is 0.312 e. The molecule has 3 heteroatoms. The number of ether oxygens (including phenoxy) is 1. The summed E-state index contributed by atoms with van der Waals surface area (Å²) in [5, 5.41) is 9.91. The fourth-order valence-corrected chi connectivity index (χ4v) is 2.49. The summed E-state index contributed by atoms with van der Waals surface area (Å²) in [5.74, 6) is -0.484. The average Bonchev–Trinajstić information content (AvgIpc) is 2.23. The van der Waals surface area contributed by atoms with Gasteiger partial charge in [-0.15, -0.1) is 6.58 Å². The van der Waals surface area contributed by atoms with Gasteiger partial charge in [0.15, 0.2) is 0 Å². The largest absolute Gasteiger partial charge is 0.469 e. The van der Waals surface area contributed by atoms with E-state index in [-0.39, 0.29) is 11.4 Å². The van der Waals surface area contributed by atoms with E-state index in [9.17, 15) is 9.90 Å². The van der Waals surface area contributed by atoms with E-state index in [1.165, 1.54) is 7.11 Å². The first-order valence-corrected chi connectivity index (χ1v) is 5.36. The van der Waals surface area contributed by atoms with E-state index in [1.807, 2.05) is 6.92 Å². The van der Waals surface area contributed by atoms with Gasteiger partial charge in [0.05, 0.1) is 19.1 Å². The van der Waals surface area contributed by atoms with Gasteiger partial charge in [-0.3, -0.25) is 4.79 Å². The summed E-state index contributed by atoms with van der Waals surface area (Å²) in [6.45, 7) is 7.84. The van der Waals surface area contributed by atoms with Crippen LogP contribution in [0.1, 0.15) is 26.7 Å². The molecule has 1 saturated carbocycles. The van der Waals surface area contributed by atoms with Crippen molar-refractivity contribution in [2.24, 2.45) is 17.3 Å². The lowest BCUT2D eigenvalue weighted by Gasteiger charge is -2.45.